The van der Waals surface area contributed by atoms with Gasteiger partial charge in [-0.15, -0.1) is 11.3 Å². The Morgan fingerprint density at radius 1 is 0.967 bits per heavy atom. The highest BCUT2D eigenvalue weighted by Gasteiger charge is 2.39. The van der Waals surface area contributed by atoms with E-state index >= 15 is 0 Å². The maximum absolute atomic E-state index is 13.5. The molecule has 158 valence electrons. The Kier molecular flexibility index (Phi) is 6.47. The molecule has 1 saturated carbocycles. The number of amides is 3. The molecule has 2 aromatic rings. The predicted molar refractivity (Wildman–Crippen MR) is 116 cm³/mol. The van der Waals surface area contributed by atoms with Crippen LogP contribution in [0.2, 0.25) is 0 Å². The van der Waals surface area contributed by atoms with Crippen LogP contribution in [0.5, 0.6) is 0 Å². The minimum Gasteiger partial charge on any atom is -0.352 e. The summed E-state index contributed by atoms with van der Waals surface area (Å²) in [5, 5.41) is 7.85. The summed E-state index contributed by atoms with van der Waals surface area (Å²) in [6.07, 6.45) is 5.75. The minimum atomic E-state index is -0.819. The first-order chi connectivity index (χ1) is 14.6. The number of benzene rings is 1. The zero-order valence-corrected chi connectivity index (χ0v) is 17.7. The first-order valence-corrected chi connectivity index (χ1v) is 11.5. The molecule has 2 fully saturated rings. The van der Waals surface area contributed by atoms with Crippen molar-refractivity contribution in [2.24, 2.45) is 0 Å². The number of rotatable bonds is 6. The maximum atomic E-state index is 13.5. The van der Waals surface area contributed by atoms with E-state index in [0.29, 0.717) is 23.4 Å². The Labute approximate surface area is 180 Å². The van der Waals surface area contributed by atoms with Crippen LogP contribution in [0.15, 0.2) is 47.8 Å². The largest absolute Gasteiger partial charge is 0.352 e. The summed E-state index contributed by atoms with van der Waals surface area (Å²) in [4.78, 5) is 41.3. The molecule has 2 unspecified atom stereocenters. The van der Waals surface area contributed by atoms with Gasteiger partial charge in [-0.1, -0.05) is 49.2 Å². The fourth-order valence-corrected chi connectivity index (χ4v) is 5.01. The van der Waals surface area contributed by atoms with E-state index in [9.17, 15) is 14.4 Å². The topological polar surface area (TPSA) is 78.5 Å². The monoisotopic (exact) mass is 425 g/mol. The summed E-state index contributed by atoms with van der Waals surface area (Å²) >= 11 is 1.33. The van der Waals surface area contributed by atoms with E-state index in [1.165, 1.54) is 11.3 Å². The molecule has 1 aromatic carbocycles. The van der Waals surface area contributed by atoms with Gasteiger partial charge in [-0.25, -0.2) is 0 Å². The highest BCUT2D eigenvalue weighted by Crippen LogP contribution is 2.26. The number of nitrogens with one attached hydrogen (secondary N) is 2. The molecule has 2 heterocycles. The van der Waals surface area contributed by atoms with Crippen molar-refractivity contribution in [1.82, 2.24) is 15.5 Å². The van der Waals surface area contributed by atoms with Crippen LogP contribution in [0.25, 0.3) is 0 Å². The van der Waals surface area contributed by atoms with Gasteiger partial charge in [0, 0.05) is 12.6 Å². The van der Waals surface area contributed by atoms with Gasteiger partial charge in [0.2, 0.25) is 11.8 Å². The van der Waals surface area contributed by atoms with Crippen LogP contribution in [0.3, 0.4) is 0 Å². The van der Waals surface area contributed by atoms with Gasteiger partial charge < -0.3 is 15.5 Å². The lowest BCUT2D eigenvalue weighted by atomic mass is 10.0. The number of hydrogen-bond donors (Lipinski definition) is 2. The lowest BCUT2D eigenvalue weighted by Gasteiger charge is -2.29. The SMILES string of the molecule is O=C(NC(C(=O)N1CCCC1C(=O)NC1CCCC1)c1ccccc1)c1cccs1. The second-order valence-electron chi connectivity index (χ2n) is 7.97. The highest BCUT2D eigenvalue weighted by molar-refractivity contribution is 7.12. The zero-order valence-electron chi connectivity index (χ0n) is 16.9. The molecule has 6 nitrogen and oxygen atoms in total. The van der Waals surface area contributed by atoms with Gasteiger partial charge in [0.25, 0.3) is 5.91 Å². The smallest absolute Gasteiger partial charge is 0.262 e. The number of carbonyl (C=O) groups excluding carboxylic acids is 3. The Bertz CT molecular complexity index is 878. The molecule has 7 heteroatoms. The molecular weight excluding hydrogens is 398 g/mol. The van der Waals surface area contributed by atoms with Crippen molar-refractivity contribution in [2.45, 2.75) is 56.7 Å². The number of hydrogen-bond acceptors (Lipinski definition) is 4. The van der Waals surface area contributed by atoms with Crippen molar-refractivity contribution in [2.75, 3.05) is 6.54 Å². The average molecular weight is 426 g/mol. The molecular formula is C23H27N3O3S. The van der Waals surface area contributed by atoms with Gasteiger partial charge in [0.05, 0.1) is 4.88 Å². The van der Waals surface area contributed by atoms with E-state index < -0.39 is 12.1 Å². The van der Waals surface area contributed by atoms with Crippen LogP contribution in [-0.2, 0) is 9.59 Å². The first-order valence-electron chi connectivity index (χ1n) is 10.6. The molecule has 0 radical (unpaired) electrons. The third-order valence-electron chi connectivity index (χ3n) is 5.94. The quantitative estimate of drug-likeness (QED) is 0.746. The van der Waals surface area contributed by atoms with Gasteiger partial charge >= 0.3 is 0 Å². The molecule has 0 bridgehead atoms. The Morgan fingerprint density at radius 2 is 1.73 bits per heavy atom. The second-order valence-corrected chi connectivity index (χ2v) is 8.92. The van der Waals surface area contributed by atoms with E-state index in [-0.39, 0.29) is 23.8 Å². The van der Waals surface area contributed by atoms with Gasteiger partial charge in [0.15, 0.2) is 0 Å². The van der Waals surface area contributed by atoms with Crippen molar-refractivity contribution in [3.05, 3.63) is 58.3 Å². The molecule has 1 aliphatic heterocycles. The summed E-state index contributed by atoms with van der Waals surface area (Å²) in [5.74, 6) is -0.572. The average Bonchev–Trinajstić information content (AvgIpc) is 3.54. The van der Waals surface area contributed by atoms with Crippen LogP contribution in [0.1, 0.15) is 59.8 Å². The summed E-state index contributed by atoms with van der Waals surface area (Å²) in [6.45, 7) is 0.528. The Balaban J connectivity index is 1.52. The zero-order chi connectivity index (χ0) is 20.9. The summed E-state index contributed by atoms with van der Waals surface area (Å²) in [7, 11) is 0. The van der Waals surface area contributed by atoms with Gasteiger partial charge in [0.1, 0.15) is 12.1 Å². The molecule has 1 saturated heterocycles. The van der Waals surface area contributed by atoms with Crippen LogP contribution < -0.4 is 10.6 Å². The third-order valence-corrected chi connectivity index (χ3v) is 6.81. The number of likely N-dealkylation sites (tertiary alicyclic amines) is 1. The first kappa shape index (κ1) is 20.6. The van der Waals surface area contributed by atoms with Crippen LogP contribution in [0.4, 0.5) is 0 Å². The number of nitrogens with zero attached hydrogens (tertiary/aromatic N) is 1. The third kappa shape index (κ3) is 4.56. The molecule has 0 spiro atoms. The molecule has 2 N–H and O–H groups in total. The van der Waals surface area contributed by atoms with Crippen molar-refractivity contribution in [3.8, 4) is 0 Å². The number of carbonyl (C=O) groups is 3. The van der Waals surface area contributed by atoms with E-state index in [2.05, 4.69) is 10.6 Å². The van der Waals surface area contributed by atoms with Crippen LogP contribution in [-0.4, -0.2) is 41.2 Å². The predicted octanol–water partition coefficient (Wildman–Crippen LogP) is 3.27. The fraction of sp³-hybridized carbons (Fsp3) is 0.435. The number of thiophene rings is 1. The Hall–Kier alpha value is -2.67. The highest BCUT2D eigenvalue weighted by atomic mass is 32.1. The molecule has 1 aromatic heterocycles. The summed E-state index contributed by atoms with van der Waals surface area (Å²) in [5.41, 5.74) is 0.717. The van der Waals surface area contributed by atoms with Crippen molar-refractivity contribution >= 4 is 29.1 Å². The second kappa shape index (κ2) is 9.43. The van der Waals surface area contributed by atoms with Crippen LogP contribution >= 0.6 is 11.3 Å². The van der Waals surface area contributed by atoms with Crippen molar-refractivity contribution < 1.29 is 14.4 Å². The van der Waals surface area contributed by atoms with E-state index in [1.807, 2.05) is 41.8 Å². The van der Waals surface area contributed by atoms with Crippen molar-refractivity contribution in [3.63, 3.8) is 0 Å². The van der Waals surface area contributed by atoms with Gasteiger partial charge in [-0.05, 0) is 42.7 Å². The molecule has 4 rings (SSSR count). The lowest BCUT2D eigenvalue weighted by molar-refractivity contribution is -0.140. The minimum absolute atomic E-state index is 0.0656. The molecule has 2 aliphatic rings. The van der Waals surface area contributed by atoms with E-state index in [4.69, 9.17) is 0 Å². The van der Waals surface area contributed by atoms with E-state index in [1.54, 1.807) is 11.0 Å². The summed E-state index contributed by atoms with van der Waals surface area (Å²) < 4.78 is 0. The van der Waals surface area contributed by atoms with Gasteiger partial charge in [-0.2, -0.15) is 0 Å². The normalized spacial score (nSPS) is 20.1. The molecule has 1 aliphatic carbocycles. The van der Waals surface area contributed by atoms with Gasteiger partial charge in [-0.3, -0.25) is 14.4 Å². The maximum Gasteiger partial charge on any atom is 0.262 e. The van der Waals surface area contributed by atoms with E-state index in [0.717, 1.165) is 32.1 Å². The summed E-state index contributed by atoms with van der Waals surface area (Å²) in [6, 6.07) is 11.7. The Morgan fingerprint density at radius 3 is 2.43 bits per heavy atom. The lowest BCUT2D eigenvalue weighted by Crippen LogP contribution is -2.51. The molecule has 3 amide bonds. The molecule has 2 atom stereocenters. The standard InChI is InChI=1S/C23H27N3O3S/c27-21(24-17-10-4-5-11-17)18-12-6-14-26(18)23(29)20(16-8-2-1-3-9-16)25-22(28)19-13-7-15-30-19/h1-3,7-9,13,15,17-18,20H,4-6,10-12,14H2,(H,24,27)(H,25,28). The molecule has 30 heavy (non-hydrogen) atoms. The van der Waals surface area contributed by atoms with Crippen molar-refractivity contribution in [1.29, 1.82) is 0 Å². The fourth-order valence-electron chi connectivity index (χ4n) is 4.38. The van der Waals surface area contributed by atoms with Crippen LogP contribution in [0, 0.1) is 0 Å².